The van der Waals surface area contributed by atoms with Gasteiger partial charge in [0.05, 0.1) is 21.0 Å². The van der Waals surface area contributed by atoms with Gasteiger partial charge in [0.15, 0.2) is 9.84 Å². The monoisotopic (exact) mass is 450 g/mol. The van der Waals surface area contributed by atoms with Gasteiger partial charge in [0.1, 0.15) is 11.0 Å². The molecule has 1 aromatic heterocycles. The van der Waals surface area contributed by atoms with Crippen LogP contribution in [0.4, 0.5) is 5.69 Å². The number of sulfonamides is 1. The van der Waals surface area contributed by atoms with Gasteiger partial charge in [0.2, 0.25) is 10.0 Å². The zero-order chi connectivity index (χ0) is 21.9. The fraction of sp³-hybridized carbons (Fsp3) is 0.158. The Hall–Kier alpha value is -3.02. The van der Waals surface area contributed by atoms with Gasteiger partial charge >= 0.3 is 0 Å². The lowest BCUT2D eigenvalue weighted by molar-refractivity contribution is -0.384. The smallest absolute Gasteiger partial charge is 0.269 e. The van der Waals surface area contributed by atoms with Crippen LogP contribution in [0.15, 0.2) is 81.1 Å². The lowest BCUT2D eigenvalue weighted by atomic mass is 10.2. The van der Waals surface area contributed by atoms with Gasteiger partial charge in [-0.2, -0.15) is 0 Å². The topological polar surface area (TPSA) is 137 Å². The van der Waals surface area contributed by atoms with Crippen LogP contribution in [0.2, 0.25) is 0 Å². The molecule has 0 amide bonds. The molecule has 0 spiro atoms. The van der Waals surface area contributed by atoms with Gasteiger partial charge in [-0.1, -0.05) is 17.7 Å². The van der Waals surface area contributed by atoms with Crippen LogP contribution in [-0.4, -0.2) is 28.3 Å². The summed E-state index contributed by atoms with van der Waals surface area (Å²) in [5.74, 6) is 0.0852. The number of hydrogen-bond donors (Lipinski definition) is 1. The first kappa shape index (κ1) is 21.7. The number of rotatable bonds is 8. The third-order valence-corrected chi connectivity index (χ3v) is 7.92. The number of benzene rings is 2. The molecule has 0 fully saturated rings. The lowest BCUT2D eigenvalue weighted by Crippen LogP contribution is -2.31. The number of hydrogen-bond acceptors (Lipinski definition) is 7. The molecule has 1 heterocycles. The normalized spacial score (nSPS) is 13.1. The van der Waals surface area contributed by atoms with Crippen molar-refractivity contribution in [3.63, 3.8) is 0 Å². The standard InChI is InChI=1S/C19H18N2O7S2/c1-14-4-8-16(9-5-14)29(24,25)19(18-3-2-12-28-18)13-20-30(26,27)17-10-6-15(7-11-17)21(22)23/h2-12,19-20H,13H2,1H3/t19-/m1/s1. The maximum absolute atomic E-state index is 13.1. The van der Waals surface area contributed by atoms with Crippen LogP contribution in [0.5, 0.6) is 0 Å². The highest BCUT2D eigenvalue weighted by Crippen LogP contribution is 2.29. The minimum absolute atomic E-state index is 0.0315. The van der Waals surface area contributed by atoms with Crippen molar-refractivity contribution in [3.8, 4) is 0 Å². The molecular formula is C19H18N2O7S2. The maximum Gasteiger partial charge on any atom is 0.269 e. The van der Waals surface area contributed by atoms with E-state index in [1.165, 1.54) is 30.5 Å². The van der Waals surface area contributed by atoms with E-state index in [0.717, 1.165) is 29.8 Å². The average molecular weight is 450 g/mol. The fourth-order valence-corrected chi connectivity index (χ4v) is 5.48. The molecule has 0 bridgehead atoms. The van der Waals surface area contributed by atoms with Crippen molar-refractivity contribution in [1.82, 2.24) is 4.72 Å². The first-order chi connectivity index (χ1) is 14.1. The molecule has 0 aliphatic carbocycles. The molecule has 9 nitrogen and oxygen atoms in total. The molecule has 158 valence electrons. The zero-order valence-electron chi connectivity index (χ0n) is 15.8. The van der Waals surface area contributed by atoms with Crippen LogP contribution in [0.25, 0.3) is 0 Å². The summed E-state index contributed by atoms with van der Waals surface area (Å²) < 4.78 is 59.0. The van der Waals surface area contributed by atoms with Crippen LogP contribution in [0.3, 0.4) is 0 Å². The van der Waals surface area contributed by atoms with E-state index in [1.807, 2.05) is 6.92 Å². The van der Waals surface area contributed by atoms with Crippen molar-refractivity contribution >= 4 is 25.5 Å². The van der Waals surface area contributed by atoms with Crippen molar-refractivity contribution in [2.45, 2.75) is 22.0 Å². The summed E-state index contributed by atoms with van der Waals surface area (Å²) in [6.45, 7) is 1.34. The lowest BCUT2D eigenvalue weighted by Gasteiger charge is -2.17. The number of non-ortho nitro benzene ring substituents is 1. The predicted octanol–water partition coefficient (Wildman–Crippen LogP) is 2.99. The molecule has 0 radical (unpaired) electrons. The first-order valence-corrected chi connectivity index (χ1v) is 11.7. The molecule has 1 atom stereocenters. The number of nitro benzene ring substituents is 1. The summed E-state index contributed by atoms with van der Waals surface area (Å²) in [4.78, 5) is 9.90. The van der Waals surface area contributed by atoms with E-state index in [4.69, 9.17) is 4.42 Å². The van der Waals surface area contributed by atoms with Crippen molar-refractivity contribution in [3.05, 3.63) is 88.4 Å². The molecule has 3 rings (SSSR count). The molecule has 3 aromatic rings. The highest BCUT2D eigenvalue weighted by Gasteiger charge is 2.33. The molecule has 11 heteroatoms. The number of nitrogens with one attached hydrogen (secondary N) is 1. The van der Waals surface area contributed by atoms with Crippen LogP contribution >= 0.6 is 0 Å². The summed E-state index contributed by atoms with van der Waals surface area (Å²) in [7, 11) is -8.09. The Balaban J connectivity index is 1.89. The van der Waals surface area contributed by atoms with Crippen LogP contribution in [0, 0.1) is 17.0 Å². The third-order valence-electron chi connectivity index (χ3n) is 4.40. The summed E-state index contributed by atoms with van der Waals surface area (Å²) in [6.07, 6.45) is 1.30. The third kappa shape index (κ3) is 4.58. The molecule has 0 unspecified atom stereocenters. The highest BCUT2D eigenvalue weighted by atomic mass is 32.2. The first-order valence-electron chi connectivity index (χ1n) is 8.69. The minimum atomic E-state index is -4.12. The highest BCUT2D eigenvalue weighted by molar-refractivity contribution is 7.92. The molecule has 0 aliphatic rings. The molecule has 0 aliphatic heterocycles. The Bertz CT molecular complexity index is 1230. The Kier molecular flexibility index (Phi) is 6.06. The molecule has 2 aromatic carbocycles. The van der Waals surface area contributed by atoms with Crippen LogP contribution in [0.1, 0.15) is 16.6 Å². The number of nitro groups is 1. The maximum atomic E-state index is 13.1. The van der Waals surface area contributed by atoms with Gasteiger partial charge < -0.3 is 4.42 Å². The van der Waals surface area contributed by atoms with Crippen molar-refractivity contribution < 1.29 is 26.2 Å². The predicted molar refractivity (Wildman–Crippen MR) is 108 cm³/mol. The van der Waals surface area contributed by atoms with Crippen LogP contribution < -0.4 is 4.72 Å². The minimum Gasteiger partial charge on any atom is -0.468 e. The largest absolute Gasteiger partial charge is 0.468 e. The Labute approximate surface area is 173 Å². The number of aryl methyl sites for hydroxylation is 1. The van der Waals surface area contributed by atoms with E-state index in [0.29, 0.717) is 0 Å². The molecular weight excluding hydrogens is 432 g/mol. The Morgan fingerprint density at radius 3 is 2.10 bits per heavy atom. The van der Waals surface area contributed by atoms with E-state index in [-0.39, 0.29) is 21.2 Å². The fourth-order valence-electron chi connectivity index (χ4n) is 2.75. The van der Waals surface area contributed by atoms with Crippen LogP contribution in [-0.2, 0) is 19.9 Å². The Morgan fingerprint density at radius 1 is 0.967 bits per heavy atom. The van der Waals surface area contributed by atoms with Gasteiger partial charge in [-0.05, 0) is 43.3 Å². The molecule has 1 N–H and O–H groups in total. The van der Waals surface area contributed by atoms with Gasteiger partial charge in [0.25, 0.3) is 5.69 Å². The molecule has 0 saturated carbocycles. The second-order valence-corrected chi connectivity index (χ2v) is 10.4. The average Bonchev–Trinajstić information content (AvgIpc) is 3.22. The molecule has 0 saturated heterocycles. The van der Waals surface area contributed by atoms with Gasteiger partial charge in [-0.15, -0.1) is 0 Å². The summed E-state index contributed by atoms with van der Waals surface area (Å²) in [5, 5.41) is 9.44. The quantitative estimate of drug-likeness (QED) is 0.411. The summed E-state index contributed by atoms with van der Waals surface area (Å²) in [6, 6.07) is 13.4. The number of sulfone groups is 1. The molecule has 30 heavy (non-hydrogen) atoms. The summed E-state index contributed by atoms with van der Waals surface area (Å²) >= 11 is 0. The van der Waals surface area contributed by atoms with Gasteiger partial charge in [-0.3, -0.25) is 10.1 Å². The van der Waals surface area contributed by atoms with E-state index >= 15 is 0 Å². The van der Waals surface area contributed by atoms with Crippen molar-refractivity contribution in [1.29, 1.82) is 0 Å². The Morgan fingerprint density at radius 2 is 1.57 bits per heavy atom. The van der Waals surface area contributed by atoms with Gasteiger partial charge in [-0.25, -0.2) is 21.6 Å². The number of furan rings is 1. The zero-order valence-corrected chi connectivity index (χ0v) is 17.4. The second kappa shape index (κ2) is 8.38. The van der Waals surface area contributed by atoms with E-state index in [2.05, 4.69) is 4.72 Å². The van der Waals surface area contributed by atoms with E-state index < -0.39 is 36.6 Å². The van der Waals surface area contributed by atoms with Gasteiger partial charge in [0, 0.05) is 18.7 Å². The van der Waals surface area contributed by atoms with E-state index in [1.54, 1.807) is 12.1 Å². The summed E-state index contributed by atoms with van der Waals surface area (Å²) in [5.41, 5.74) is 0.617. The SMILES string of the molecule is Cc1ccc(S(=O)(=O)[C@H](CNS(=O)(=O)c2ccc([N+](=O)[O-])cc2)c2ccco2)cc1. The van der Waals surface area contributed by atoms with Crippen molar-refractivity contribution in [2.75, 3.05) is 6.54 Å². The second-order valence-electron chi connectivity index (χ2n) is 6.47. The van der Waals surface area contributed by atoms with E-state index in [9.17, 15) is 26.9 Å². The number of nitrogens with zero attached hydrogens (tertiary/aromatic N) is 1. The van der Waals surface area contributed by atoms with Crippen molar-refractivity contribution in [2.24, 2.45) is 0 Å².